The Hall–Kier alpha value is -1.71. The maximum Gasteiger partial charge on any atom is 0.330 e. The molecule has 94 valence electrons. The predicted octanol–water partition coefficient (Wildman–Crippen LogP) is 2.37. The van der Waals surface area contributed by atoms with Gasteiger partial charge in [0.1, 0.15) is 11.3 Å². The SMILES string of the molecule is COC(=O)C(C)(C)Nc1cc(C)ccc1OC. The van der Waals surface area contributed by atoms with Crippen molar-refractivity contribution in [1.29, 1.82) is 0 Å². The molecule has 1 N–H and O–H groups in total. The molecule has 0 aliphatic rings. The van der Waals surface area contributed by atoms with Crippen LogP contribution in [0.3, 0.4) is 0 Å². The molecule has 4 heteroatoms. The molecule has 17 heavy (non-hydrogen) atoms. The second-order valence-corrected chi connectivity index (χ2v) is 4.45. The van der Waals surface area contributed by atoms with Crippen LogP contribution in [-0.2, 0) is 9.53 Å². The van der Waals surface area contributed by atoms with E-state index in [4.69, 9.17) is 9.47 Å². The van der Waals surface area contributed by atoms with E-state index >= 15 is 0 Å². The molecule has 0 aliphatic heterocycles. The lowest BCUT2D eigenvalue weighted by Gasteiger charge is -2.25. The minimum absolute atomic E-state index is 0.318. The van der Waals surface area contributed by atoms with Gasteiger partial charge in [-0.25, -0.2) is 4.79 Å². The number of anilines is 1. The highest BCUT2D eigenvalue weighted by molar-refractivity contribution is 5.84. The standard InChI is InChI=1S/C13H19NO3/c1-9-6-7-11(16-4)10(8-9)14-13(2,3)12(15)17-5/h6-8,14H,1-5H3. The van der Waals surface area contributed by atoms with E-state index in [2.05, 4.69) is 5.32 Å². The fraction of sp³-hybridized carbons (Fsp3) is 0.462. The van der Waals surface area contributed by atoms with Crippen molar-refractivity contribution in [3.63, 3.8) is 0 Å². The van der Waals surface area contributed by atoms with Crippen LogP contribution in [0.25, 0.3) is 0 Å². The third-order valence-corrected chi connectivity index (χ3v) is 2.50. The largest absolute Gasteiger partial charge is 0.495 e. The lowest BCUT2D eigenvalue weighted by molar-refractivity contribution is -0.144. The molecule has 4 nitrogen and oxygen atoms in total. The number of nitrogens with one attached hydrogen (secondary N) is 1. The first-order chi connectivity index (χ1) is 7.90. The molecular weight excluding hydrogens is 218 g/mol. The van der Waals surface area contributed by atoms with Gasteiger partial charge in [-0.15, -0.1) is 0 Å². The van der Waals surface area contributed by atoms with E-state index in [1.807, 2.05) is 25.1 Å². The van der Waals surface area contributed by atoms with Crippen LogP contribution in [0.2, 0.25) is 0 Å². The normalized spacial score (nSPS) is 10.9. The van der Waals surface area contributed by atoms with Crippen LogP contribution in [0.5, 0.6) is 5.75 Å². The summed E-state index contributed by atoms with van der Waals surface area (Å²) in [6.45, 7) is 5.51. The molecule has 1 aromatic rings. The van der Waals surface area contributed by atoms with Gasteiger partial charge in [-0.1, -0.05) is 6.07 Å². The lowest BCUT2D eigenvalue weighted by atomic mass is 10.0. The fourth-order valence-corrected chi connectivity index (χ4v) is 1.56. The molecule has 0 fully saturated rings. The third kappa shape index (κ3) is 3.12. The number of hydrogen-bond donors (Lipinski definition) is 1. The Morgan fingerprint density at radius 2 is 1.94 bits per heavy atom. The van der Waals surface area contributed by atoms with Gasteiger partial charge in [-0.05, 0) is 38.5 Å². The van der Waals surface area contributed by atoms with Crippen molar-refractivity contribution in [3.05, 3.63) is 23.8 Å². The van der Waals surface area contributed by atoms with Crippen LogP contribution < -0.4 is 10.1 Å². The second kappa shape index (κ2) is 5.08. The van der Waals surface area contributed by atoms with Crippen molar-refractivity contribution >= 4 is 11.7 Å². The molecule has 0 radical (unpaired) electrons. The summed E-state index contributed by atoms with van der Waals surface area (Å²) in [6.07, 6.45) is 0. The summed E-state index contributed by atoms with van der Waals surface area (Å²) in [5.41, 5.74) is 1.08. The number of esters is 1. The van der Waals surface area contributed by atoms with E-state index in [0.717, 1.165) is 11.3 Å². The summed E-state index contributed by atoms with van der Waals surface area (Å²) in [6, 6.07) is 5.75. The summed E-state index contributed by atoms with van der Waals surface area (Å²) in [4.78, 5) is 11.6. The van der Waals surface area contributed by atoms with Crippen LogP contribution in [0.1, 0.15) is 19.4 Å². The van der Waals surface area contributed by atoms with E-state index in [1.165, 1.54) is 7.11 Å². The number of carbonyl (C=O) groups excluding carboxylic acids is 1. The molecular formula is C13H19NO3. The fourth-order valence-electron chi connectivity index (χ4n) is 1.56. The summed E-state index contributed by atoms with van der Waals surface area (Å²) in [7, 11) is 2.97. The summed E-state index contributed by atoms with van der Waals surface area (Å²) >= 11 is 0. The highest BCUT2D eigenvalue weighted by Crippen LogP contribution is 2.28. The van der Waals surface area contributed by atoms with Crippen molar-refractivity contribution in [3.8, 4) is 5.75 Å². The Kier molecular flexibility index (Phi) is 3.99. The third-order valence-electron chi connectivity index (χ3n) is 2.50. The van der Waals surface area contributed by atoms with Gasteiger partial charge in [0.15, 0.2) is 0 Å². The monoisotopic (exact) mass is 237 g/mol. The van der Waals surface area contributed by atoms with Gasteiger partial charge in [-0.3, -0.25) is 0 Å². The molecule has 0 heterocycles. The molecule has 0 bridgehead atoms. The van der Waals surface area contributed by atoms with Crippen molar-refractivity contribution in [1.82, 2.24) is 0 Å². The van der Waals surface area contributed by atoms with Crippen molar-refractivity contribution in [2.75, 3.05) is 19.5 Å². The van der Waals surface area contributed by atoms with Crippen LogP contribution in [0.4, 0.5) is 5.69 Å². The van der Waals surface area contributed by atoms with Gasteiger partial charge in [0, 0.05) is 0 Å². The van der Waals surface area contributed by atoms with E-state index < -0.39 is 5.54 Å². The minimum Gasteiger partial charge on any atom is -0.495 e. The number of hydrogen-bond acceptors (Lipinski definition) is 4. The number of benzene rings is 1. The van der Waals surface area contributed by atoms with Gasteiger partial charge in [0.25, 0.3) is 0 Å². The summed E-state index contributed by atoms with van der Waals surface area (Å²) in [5, 5.41) is 3.13. The van der Waals surface area contributed by atoms with Gasteiger partial charge >= 0.3 is 5.97 Å². The molecule has 0 aromatic heterocycles. The molecule has 0 atom stereocenters. The van der Waals surface area contributed by atoms with Crippen LogP contribution in [0.15, 0.2) is 18.2 Å². The van der Waals surface area contributed by atoms with Gasteiger partial charge in [-0.2, -0.15) is 0 Å². The van der Waals surface area contributed by atoms with Crippen LogP contribution in [-0.4, -0.2) is 25.7 Å². The molecule has 0 unspecified atom stereocenters. The maximum atomic E-state index is 11.6. The first kappa shape index (κ1) is 13.4. The van der Waals surface area contributed by atoms with Crippen molar-refractivity contribution in [2.24, 2.45) is 0 Å². The van der Waals surface area contributed by atoms with Crippen molar-refractivity contribution < 1.29 is 14.3 Å². The Balaban J connectivity index is 3.01. The smallest absolute Gasteiger partial charge is 0.330 e. The Morgan fingerprint density at radius 3 is 2.47 bits per heavy atom. The molecule has 0 spiro atoms. The number of rotatable bonds is 4. The topological polar surface area (TPSA) is 47.6 Å². The molecule has 1 rings (SSSR count). The zero-order valence-corrected chi connectivity index (χ0v) is 11.0. The average molecular weight is 237 g/mol. The van der Waals surface area contributed by atoms with Crippen LogP contribution in [0, 0.1) is 6.92 Å². The highest BCUT2D eigenvalue weighted by atomic mass is 16.5. The number of ether oxygens (including phenoxy) is 2. The van der Waals surface area contributed by atoms with Gasteiger partial charge in [0.05, 0.1) is 19.9 Å². The Morgan fingerprint density at radius 1 is 1.29 bits per heavy atom. The average Bonchev–Trinajstić information content (AvgIpc) is 2.27. The van der Waals surface area contributed by atoms with Crippen LogP contribution >= 0.6 is 0 Å². The predicted molar refractivity (Wildman–Crippen MR) is 67.4 cm³/mol. The Labute approximate surface area is 102 Å². The van der Waals surface area contributed by atoms with Gasteiger partial charge in [0.2, 0.25) is 0 Å². The Bertz CT molecular complexity index is 413. The molecule has 0 amide bonds. The number of carbonyl (C=O) groups is 1. The summed E-state index contributed by atoms with van der Waals surface area (Å²) in [5.74, 6) is 0.383. The second-order valence-electron chi connectivity index (χ2n) is 4.45. The minimum atomic E-state index is -0.796. The van der Waals surface area contributed by atoms with Crippen molar-refractivity contribution in [2.45, 2.75) is 26.3 Å². The number of aryl methyl sites for hydroxylation is 1. The van der Waals surface area contributed by atoms with E-state index in [0.29, 0.717) is 5.75 Å². The first-order valence-corrected chi connectivity index (χ1v) is 5.42. The quantitative estimate of drug-likeness (QED) is 0.817. The molecule has 0 aliphatic carbocycles. The lowest BCUT2D eigenvalue weighted by Crippen LogP contribution is -2.41. The molecule has 1 aromatic carbocycles. The zero-order chi connectivity index (χ0) is 13.1. The first-order valence-electron chi connectivity index (χ1n) is 5.42. The van der Waals surface area contributed by atoms with E-state index in [-0.39, 0.29) is 5.97 Å². The molecule has 0 saturated heterocycles. The zero-order valence-electron chi connectivity index (χ0n) is 11.0. The van der Waals surface area contributed by atoms with Gasteiger partial charge < -0.3 is 14.8 Å². The van der Waals surface area contributed by atoms with E-state index in [1.54, 1.807) is 21.0 Å². The van der Waals surface area contributed by atoms with E-state index in [9.17, 15) is 4.79 Å². The number of methoxy groups -OCH3 is 2. The molecule has 0 saturated carbocycles. The maximum absolute atomic E-state index is 11.6. The summed E-state index contributed by atoms with van der Waals surface area (Å²) < 4.78 is 9.99. The highest BCUT2D eigenvalue weighted by Gasteiger charge is 2.29.